The van der Waals surface area contributed by atoms with Crippen molar-refractivity contribution in [3.63, 3.8) is 0 Å². The molecule has 18 heavy (non-hydrogen) atoms. The van der Waals surface area contributed by atoms with Crippen molar-refractivity contribution in [2.45, 2.75) is 25.6 Å². The lowest BCUT2D eigenvalue weighted by Crippen LogP contribution is -2.24. The third kappa shape index (κ3) is 2.69. The Morgan fingerprint density at radius 3 is 2.78 bits per heavy atom. The number of fused-ring (bicyclic) bond motifs is 1. The summed E-state index contributed by atoms with van der Waals surface area (Å²) in [5, 5.41) is 7.33. The number of nitrogens with zero attached hydrogens (tertiary/aromatic N) is 4. The van der Waals surface area contributed by atoms with Gasteiger partial charge in [-0.05, 0) is 6.92 Å². The summed E-state index contributed by atoms with van der Waals surface area (Å²) in [5.74, 6) is 0.366. The number of hydrogen-bond acceptors (Lipinski definition) is 4. The van der Waals surface area contributed by atoms with Crippen LogP contribution in [0.4, 0.5) is 19.0 Å². The Balaban J connectivity index is 2.22. The predicted octanol–water partition coefficient (Wildman–Crippen LogP) is 2.12. The van der Waals surface area contributed by atoms with Crippen molar-refractivity contribution in [1.29, 1.82) is 0 Å². The number of rotatable bonds is 3. The molecular formula is C10H12F3N5. The first-order chi connectivity index (χ1) is 8.37. The molecule has 0 bridgehead atoms. The summed E-state index contributed by atoms with van der Waals surface area (Å²) >= 11 is 0. The minimum absolute atomic E-state index is 0.366. The molecule has 0 fully saturated rings. The van der Waals surface area contributed by atoms with Crippen LogP contribution in [0.3, 0.4) is 0 Å². The molecule has 0 aliphatic heterocycles. The van der Waals surface area contributed by atoms with E-state index in [9.17, 15) is 13.2 Å². The molecule has 1 N–H and O–H groups in total. The van der Waals surface area contributed by atoms with Crippen LogP contribution in [0.1, 0.15) is 13.3 Å². The van der Waals surface area contributed by atoms with Crippen LogP contribution in [0, 0.1) is 0 Å². The molecule has 0 spiro atoms. The lowest BCUT2D eigenvalue weighted by Gasteiger charge is -2.16. The fourth-order valence-electron chi connectivity index (χ4n) is 1.71. The summed E-state index contributed by atoms with van der Waals surface area (Å²) in [6, 6.07) is -0.761. The van der Waals surface area contributed by atoms with Gasteiger partial charge >= 0.3 is 6.18 Å². The number of hydrogen-bond donors (Lipinski definition) is 1. The van der Waals surface area contributed by atoms with Crippen LogP contribution in [-0.2, 0) is 7.05 Å². The van der Waals surface area contributed by atoms with Gasteiger partial charge in [-0.1, -0.05) is 0 Å². The predicted molar refractivity (Wildman–Crippen MR) is 60.1 cm³/mol. The van der Waals surface area contributed by atoms with E-state index in [-0.39, 0.29) is 0 Å². The van der Waals surface area contributed by atoms with E-state index in [4.69, 9.17) is 0 Å². The van der Waals surface area contributed by atoms with Crippen LogP contribution in [-0.4, -0.2) is 32.0 Å². The second-order valence-electron chi connectivity index (χ2n) is 4.09. The van der Waals surface area contributed by atoms with Crippen LogP contribution in [0.5, 0.6) is 0 Å². The molecule has 0 saturated heterocycles. The van der Waals surface area contributed by atoms with E-state index in [1.54, 1.807) is 7.05 Å². The Hall–Kier alpha value is -1.86. The third-order valence-electron chi connectivity index (χ3n) is 2.45. The van der Waals surface area contributed by atoms with Crippen LogP contribution in [0.2, 0.25) is 0 Å². The Morgan fingerprint density at radius 2 is 2.11 bits per heavy atom. The molecular weight excluding hydrogens is 247 g/mol. The van der Waals surface area contributed by atoms with Gasteiger partial charge in [0.1, 0.15) is 12.1 Å². The van der Waals surface area contributed by atoms with Gasteiger partial charge in [0, 0.05) is 13.1 Å². The molecule has 2 heterocycles. The molecule has 0 aliphatic carbocycles. The highest BCUT2D eigenvalue weighted by molar-refractivity contribution is 5.86. The number of aromatic nitrogens is 4. The average Bonchev–Trinajstić information content (AvgIpc) is 2.59. The van der Waals surface area contributed by atoms with Gasteiger partial charge in [0.15, 0.2) is 5.65 Å². The van der Waals surface area contributed by atoms with Crippen molar-refractivity contribution in [2.24, 2.45) is 7.05 Å². The molecule has 0 saturated carbocycles. The van der Waals surface area contributed by atoms with E-state index in [2.05, 4.69) is 20.4 Å². The first kappa shape index (κ1) is 12.6. The van der Waals surface area contributed by atoms with Crippen LogP contribution in [0.15, 0.2) is 12.5 Å². The number of anilines is 1. The molecule has 2 rings (SSSR count). The van der Waals surface area contributed by atoms with E-state index in [0.717, 1.165) is 0 Å². The Kier molecular flexibility index (Phi) is 3.10. The Labute approximate surface area is 101 Å². The highest BCUT2D eigenvalue weighted by Crippen LogP contribution is 2.24. The summed E-state index contributed by atoms with van der Waals surface area (Å²) in [5.41, 5.74) is 0.576. The molecule has 98 valence electrons. The maximum atomic E-state index is 12.2. The molecule has 2 aromatic rings. The lowest BCUT2D eigenvalue weighted by atomic mass is 10.2. The summed E-state index contributed by atoms with van der Waals surface area (Å²) < 4.78 is 38.3. The fourth-order valence-corrected chi connectivity index (χ4v) is 1.71. The van der Waals surface area contributed by atoms with Crippen molar-refractivity contribution in [2.75, 3.05) is 5.32 Å². The van der Waals surface area contributed by atoms with E-state index in [1.807, 2.05) is 0 Å². The van der Waals surface area contributed by atoms with Gasteiger partial charge in [0.05, 0.1) is 18.0 Å². The number of alkyl halides is 3. The van der Waals surface area contributed by atoms with Gasteiger partial charge in [-0.15, -0.1) is 0 Å². The Morgan fingerprint density at radius 1 is 1.39 bits per heavy atom. The minimum atomic E-state index is -4.20. The standard InChI is InChI=1S/C10H12F3N5/c1-6(3-10(11,12)13)17-8-7-4-16-18(2)9(7)15-5-14-8/h4-6H,3H2,1-2H3,(H,14,15,17). The number of aryl methyl sites for hydroxylation is 1. The summed E-state index contributed by atoms with van der Waals surface area (Å²) in [7, 11) is 1.71. The summed E-state index contributed by atoms with van der Waals surface area (Å²) in [6.45, 7) is 1.46. The quantitative estimate of drug-likeness (QED) is 0.917. The zero-order valence-electron chi connectivity index (χ0n) is 9.86. The monoisotopic (exact) mass is 259 g/mol. The van der Waals surface area contributed by atoms with Crippen molar-refractivity contribution < 1.29 is 13.2 Å². The van der Waals surface area contributed by atoms with Crippen LogP contribution < -0.4 is 5.32 Å². The normalized spacial score (nSPS) is 13.8. The maximum Gasteiger partial charge on any atom is 0.391 e. The second kappa shape index (κ2) is 4.43. The summed E-state index contributed by atoms with van der Waals surface area (Å²) in [6.07, 6.45) is -2.29. The summed E-state index contributed by atoms with van der Waals surface area (Å²) in [4.78, 5) is 7.96. The van der Waals surface area contributed by atoms with Gasteiger partial charge in [-0.25, -0.2) is 9.97 Å². The largest absolute Gasteiger partial charge is 0.391 e. The molecule has 0 amide bonds. The molecule has 8 heteroatoms. The van der Waals surface area contributed by atoms with Gasteiger partial charge < -0.3 is 5.32 Å². The average molecular weight is 259 g/mol. The van der Waals surface area contributed by atoms with E-state index in [0.29, 0.717) is 16.9 Å². The molecule has 1 atom stereocenters. The van der Waals surface area contributed by atoms with E-state index < -0.39 is 18.6 Å². The van der Waals surface area contributed by atoms with E-state index in [1.165, 1.54) is 24.1 Å². The van der Waals surface area contributed by atoms with Crippen molar-refractivity contribution in [3.05, 3.63) is 12.5 Å². The molecule has 0 radical (unpaired) electrons. The zero-order chi connectivity index (χ0) is 13.3. The van der Waals surface area contributed by atoms with Crippen molar-refractivity contribution >= 4 is 16.9 Å². The van der Waals surface area contributed by atoms with Crippen LogP contribution in [0.25, 0.3) is 11.0 Å². The van der Waals surface area contributed by atoms with Crippen molar-refractivity contribution in [1.82, 2.24) is 19.7 Å². The van der Waals surface area contributed by atoms with Gasteiger partial charge in [0.25, 0.3) is 0 Å². The first-order valence-corrected chi connectivity index (χ1v) is 5.33. The van der Waals surface area contributed by atoms with Gasteiger partial charge in [-0.3, -0.25) is 4.68 Å². The van der Waals surface area contributed by atoms with Gasteiger partial charge in [0.2, 0.25) is 0 Å². The molecule has 0 aliphatic rings. The van der Waals surface area contributed by atoms with Crippen molar-refractivity contribution in [3.8, 4) is 0 Å². The van der Waals surface area contributed by atoms with Gasteiger partial charge in [-0.2, -0.15) is 18.3 Å². The molecule has 2 aromatic heterocycles. The third-order valence-corrected chi connectivity index (χ3v) is 2.45. The zero-order valence-corrected chi connectivity index (χ0v) is 9.86. The lowest BCUT2D eigenvalue weighted by molar-refractivity contribution is -0.136. The number of nitrogens with one attached hydrogen (secondary N) is 1. The first-order valence-electron chi connectivity index (χ1n) is 5.33. The maximum absolute atomic E-state index is 12.2. The highest BCUT2D eigenvalue weighted by Gasteiger charge is 2.30. The smallest absolute Gasteiger partial charge is 0.367 e. The van der Waals surface area contributed by atoms with E-state index >= 15 is 0 Å². The second-order valence-corrected chi connectivity index (χ2v) is 4.09. The number of halogens is 3. The molecule has 1 unspecified atom stereocenters. The highest BCUT2D eigenvalue weighted by atomic mass is 19.4. The molecule has 5 nitrogen and oxygen atoms in total. The fraction of sp³-hybridized carbons (Fsp3) is 0.500. The minimum Gasteiger partial charge on any atom is -0.367 e. The topological polar surface area (TPSA) is 55.6 Å². The van der Waals surface area contributed by atoms with Crippen LogP contribution >= 0.6 is 0 Å². The molecule has 0 aromatic carbocycles. The SMILES string of the molecule is CC(CC(F)(F)F)Nc1ncnc2c1cnn2C. The Bertz CT molecular complexity index is 548.